The molecule has 0 saturated carbocycles. The van der Waals surface area contributed by atoms with E-state index in [9.17, 15) is 0 Å². The van der Waals surface area contributed by atoms with E-state index in [1.54, 1.807) is 18.7 Å². The predicted molar refractivity (Wildman–Crippen MR) is 49.8 cm³/mol. The number of nitrogens with zero attached hydrogens (tertiary/aromatic N) is 1. The molecule has 0 bridgehead atoms. The smallest absolute Gasteiger partial charge is 0.0996 e. The third-order valence-electron chi connectivity index (χ3n) is 1.91. The van der Waals surface area contributed by atoms with Gasteiger partial charge in [-0.1, -0.05) is 6.07 Å². The van der Waals surface area contributed by atoms with E-state index in [0.29, 0.717) is 6.54 Å². The van der Waals surface area contributed by atoms with Crippen LogP contribution in [0, 0.1) is 0 Å². The lowest BCUT2D eigenvalue weighted by Crippen LogP contribution is -1.99. The maximum absolute atomic E-state index is 5.59. The van der Waals surface area contributed by atoms with Crippen LogP contribution in [0.4, 0.5) is 0 Å². The highest BCUT2D eigenvalue weighted by Crippen LogP contribution is 2.20. The molecule has 2 aromatic rings. The van der Waals surface area contributed by atoms with Gasteiger partial charge in [-0.05, 0) is 17.7 Å². The van der Waals surface area contributed by atoms with Gasteiger partial charge >= 0.3 is 0 Å². The molecule has 0 aliphatic rings. The van der Waals surface area contributed by atoms with Gasteiger partial charge in [-0.25, -0.2) is 0 Å². The van der Waals surface area contributed by atoms with E-state index >= 15 is 0 Å². The monoisotopic (exact) mass is 174 g/mol. The summed E-state index contributed by atoms with van der Waals surface area (Å²) in [5, 5.41) is 0. The van der Waals surface area contributed by atoms with Crippen LogP contribution < -0.4 is 5.73 Å². The van der Waals surface area contributed by atoms with Gasteiger partial charge < -0.3 is 10.2 Å². The van der Waals surface area contributed by atoms with E-state index in [0.717, 1.165) is 16.8 Å². The topological polar surface area (TPSA) is 52.0 Å². The summed E-state index contributed by atoms with van der Waals surface area (Å²) in [7, 11) is 0. The number of hydrogen-bond donors (Lipinski definition) is 1. The van der Waals surface area contributed by atoms with Gasteiger partial charge in [-0.15, -0.1) is 0 Å². The number of nitrogens with two attached hydrogens (primary N) is 1. The van der Waals surface area contributed by atoms with Crippen molar-refractivity contribution in [3.8, 4) is 11.3 Å². The van der Waals surface area contributed by atoms with Crippen molar-refractivity contribution in [3.63, 3.8) is 0 Å². The van der Waals surface area contributed by atoms with Crippen LogP contribution in [0.1, 0.15) is 5.56 Å². The molecule has 0 radical (unpaired) electrons. The summed E-state index contributed by atoms with van der Waals surface area (Å²) in [6.07, 6.45) is 5.05. The van der Waals surface area contributed by atoms with Gasteiger partial charge in [0.1, 0.15) is 0 Å². The van der Waals surface area contributed by atoms with Crippen molar-refractivity contribution in [1.82, 2.24) is 4.98 Å². The largest absolute Gasteiger partial charge is 0.472 e. The summed E-state index contributed by atoms with van der Waals surface area (Å²) in [4.78, 5) is 4.25. The molecule has 0 saturated heterocycles. The van der Waals surface area contributed by atoms with Crippen LogP contribution >= 0.6 is 0 Å². The summed E-state index contributed by atoms with van der Waals surface area (Å²) in [5.41, 5.74) is 8.49. The van der Waals surface area contributed by atoms with Crippen molar-refractivity contribution in [2.75, 3.05) is 0 Å². The molecular weight excluding hydrogens is 164 g/mol. The second-order valence-corrected chi connectivity index (χ2v) is 2.73. The Morgan fingerprint density at radius 1 is 1.38 bits per heavy atom. The van der Waals surface area contributed by atoms with E-state index in [-0.39, 0.29) is 0 Å². The summed E-state index contributed by atoms with van der Waals surface area (Å²) < 4.78 is 4.99. The molecule has 2 heterocycles. The number of aromatic nitrogens is 1. The van der Waals surface area contributed by atoms with E-state index in [1.165, 1.54) is 0 Å². The first-order chi connectivity index (χ1) is 6.42. The average Bonchev–Trinajstić information content (AvgIpc) is 2.70. The average molecular weight is 174 g/mol. The van der Waals surface area contributed by atoms with Crippen LogP contribution in [-0.2, 0) is 6.54 Å². The lowest BCUT2D eigenvalue weighted by molar-refractivity contribution is 0.568. The maximum atomic E-state index is 5.59. The lowest BCUT2D eigenvalue weighted by Gasteiger charge is -2.02. The zero-order valence-corrected chi connectivity index (χ0v) is 7.10. The molecule has 2 aromatic heterocycles. The van der Waals surface area contributed by atoms with E-state index < -0.39 is 0 Å². The standard InChI is InChI=1S/C10H10N2O/c11-6-8-2-1-4-12-10(8)9-3-5-13-7-9/h1-5,7H,6,11H2. The van der Waals surface area contributed by atoms with Crippen molar-refractivity contribution < 1.29 is 4.42 Å². The van der Waals surface area contributed by atoms with Crippen LogP contribution in [0.25, 0.3) is 11.3 Å². The Morgan fingerprint density at radius 3 is 3.00 bits per heavy atom. The lowest BCUT2D eigenvalue weighted by atomic mass is 10.1. The zero-order chi connectivity index (χ0) is 9.10. The minimum atomic E-state index is 0.494. The number of hydrogen-bond acceptors (Lipinski definition) is 3. The predicted octanol–water partition coefficient (Wildman–Crippen LogP) is 1.80. The Bertz CT molecular complexity index is 382. The van der Waals surface area contributed by atoms with Crippen LogP contribution in [0.15, 0.2) is 41.3 Å². The molecule has 0 aliphatic heterocycles. The fraction of sp³-hybridized carbons (Fsp3) is 0.100. The highest BCUT2D eigenvalue weighted by Gasteiger charge is 2.04. The number of furan rings is 1. The molecule has 0 aromatic carbocycles. The van der Waals surface area contributed by atoms with Crippen LogP contribution in [0.2, 0.25) is 0 Å². The van der Waals surface area contributed by atoms with Crippen molar-refractivity contribution >= 4 is 0 Å². The quantitative estimate of drug-likeness (QED) is 0.755. The number of pyridine rings is 1. The summed E-state index contributed by atoms with van der Waals surface area (Å²) in [5.74, 6) is 0. The van der Waals surface area contributed by atoms with Gasteiger partial charge in [0.25, 0.3) is 0 Å². The van der Waals surface area contributed by atoms with Gasteiger partial charge in [-0.3, -0.25) is 4.98 Å². The molecular formula is C10H10N2O. The molecule has 2 N–H and O–H groups in total. The molecule has 3 heteroatoms. The molecule has 0 spiro atoms. The third-order valence-corrected chi connectivity index (χ3v) is 1.91. The van der Waals surface area contributed by atoms with E-state index in [2.05, 4.69) is 4.98 Å². The molecule has 0 atom stereocenters. The van der Waals surface area contributed by atoms with E-state index in [4.69, 9.17) is 10.2 Å². The maximum Gasteiger partial charge on any atom is 0.0996 e. The summed E-state index contributed by atoms with van der Waals surface area (Å²) >= 11 is 0. The zero-order valence-electron chi connectivity index (χ0n) is 7.10. The molecule has 0 unspecified atom stereocenters. The second kappa shape index (κ2) is 3.41. The Balaban J connectivity index is 2.51. The van der Waals surface area contributed by atoms with Gasteiger partial charge in [0.15, 0.2) is 0 Å². The van der Waals surface area contributed by atoms with Gasteiger partial charge in [0.2, 0.25) is 0 Å². The minimum Gasteiger partial charge on any atom is -0.472 e. The first-order valence-corrected chi connectivity index (χ1v) is 4.08. The molecule has 0 amide bonds. The fourth-order valence-electron chi connectivity index (χ4n) is 1.26. The van der Waals surface area contributed by atoms with Crippen LogP contribution in [-0.4, -0.2) is 4.98 Å². The Kier molecular flexibility index (Phi) is 2.10. The summed E-state index contributed by atoms with van der Waals surface area (Å²) in [6.45, 7) is 0.494. The Hall–Kier alpha value is -1.61. The normalized spacial score (nSPS) is 10.2. The van der Waals surface area contributed by atoms with Gasteiger partial charge in [0, 0.05) is 18.3 Å². The Labute approximate surface area is 76.2 Å². The molecule has 0 aliphatic carbocycles. The second-order valence-electron chi connectivity index (χ2n) is 2.73. The van der Waals surface area contributed by atoms with E-state index in [1.807, 2.05) is 18.2 Å². The first-order valence-electron chi connectivity index (χ1n) is 4.08. The molecule has 3 nitrogen and oxygen atoms in total. The van der Waals surface area contributed by atoms with Gasteiger partial charge in [0.05, 0.1) is 18.2 Å². The van der Waals surface area contributed by atoms with Crippen molar-refractivity contribution in [3.05, 3.63) is 42.5 Å². The third kappa shape index (κ3) is 1.46. The summed E-state index contributed by atoms with van der Waals surface area (Å²) in [6, 6.07) is 5.72. The molecule has 66 valence electrons. The molecule has 2 rings (SSSR count). The van der Waals surface area contributed by atoms with Crippen molar-refractivity contribution in [1.29, 1.82) is 0 Å². The highest BCUT2D eigenvalue weighted by molar-refractivity contribution is 5.61. The first kappa shape index (κ1) is 8.01. The molecule has 0 fully saturated rings. The minimum absolute atomic E-state index is 0.494. The Morgan fingerprint density at radius 2 is 2.31 bits per heavy atom. The number of rotatable bonds is 2. The van der Waals surface area contributed by atoms with Crippen LogP contribution in [0.5, 0.6) is 0 Å². The van der Waals surface area contributed by atoms with Gasteiger partial charge in [-0.2, -0.15) is 0 Å². The van der Waals surface area contributed by atoms with Crippen molar-refractivity contribution in [2.45, 2.75) is 6.54 Å². The fourth-order valence-corrected chi connectivity index (χ4v) is 1.26. The molecule has 13 heavy (non-hydrogen) atoms. The highest BCUT2D eigenvalue weighted by atomic mass is 16.3. The van der Waals surface area contributed by atoms with Crippen molar-refractivity contribution in [2.24, 2.45) is 5.73 Å². The SMILES string of the molecule is NCc1cccnc1-c1ccoc1. The van der Waals surface area contributed by atoms with Crippen LogP contribution in [0.3, 0.4) is 0 Å².